The van der Waals surface area contributed by atoms with Crippen molar-refractivity contribution in [3.63, 3.8) is 0 Å². The second-order valence-corrected chi connectivity index (χ2v) is 3.66. The molecule has 78 valence electrons. The lowest BCUT2D eigenvalue weighted by Gasteiger charge is -2.19. The van der Waals surface area contributed by atoms with Gasteiger partial charge < -0.3 is 5.32 Å². The third kappa shape index (κ3) is 5.67. The first-order valence-electron chi connectivity index (χ1n) is 5.47. The van der Waals surface area contributed by atoms with Gasteiger partial charge in [0, 0.05) is 13.0 Å². The summed E-state index contributed by atoms with van der Waals surface area (Å²) in [5.41, 5.74) is 0. The van der Waals surface area contributed by atoms with Crippen LogP contribution < -0.4 is 5.32 Å². The van der Waals surface area contributed by atoms with Gasteiger partial charge in [-0.1, -0.05) is 39.5 Å². The quantitative estimate of drug-likeness (QED) is 0.668. The van der Waals surface area contributed by atoms with Crippen molar-refractivity contribution in [3.8, 4) is 0 Å². The van der Waals surface area contributed by atoms with Crippen molar-refractivity contribution in [3.05, 3.63) is 0 Å². The summed E-state index contributed by atoms with van der Waals surface area (Å²) < 4.78 is 0. The van der Waals surface area contributed by atoms with E-state index in [0.29, 0.717) is 5.92 Å². The number of hydrogen-bond donors (Lipinski definition) is 1. The fourth-order valence-corrected chi connectivity index (χ4v) is 1.57. The second-order valence-electron chi connectivity index (χ2n) is 3.66. The average Bonchev–Trinajstić information content (AvgIpc) is 2.19. The zero-order valence-electron chi connectivity index (χ0n) is 9.23. The Labute approximate surface area is 82.1 Å². The molecule has 0 aromatic rings. The van der Waals surface area contributed by atoms with E-state index in [0.717, 1.165) is 12.8 Å². The minimum absolute atomic E-state index is 0.236. The first-order valence-corrected chi connectivity index (χ1v) is 5.47. The highest BCUT2D eigenvalue weighted by atomic mass is 16.1. The Balaban J connectivity index is 0.000000424. The smallest absolute Gasteiger partial charge is 0.222 e. The van der Waals surface area contributed by atoms with Crippen molar-refractivity contribution in [2.45, 2.75) is 52.4 Å². The van der Waals surface area contributed by atoms with Gasteiger partial charge in [0.05, 0.1) is 0 Å². The van der Waals surface area contributed by atoms with Crippen LogP contribution in [0.4, 0.5) is 0 Å². The second kappa shape index (κ2) is 8.09. The Morgan fingerprint density at radius 1 is 1.23 bits per heavy atom. The van der Waals surface area contributed by atoms with E-state index in [-0.39, 0.29) is 5.91 Å². The van der Waals surface area contributed by atoms with Gasteiger partial charge in [0.15, 0.2) is 0 Å². The van der Waals surface area contributed by atoms with E-state index < -0.39 is 0 Å². The van der Waals surface area contributed by atoms with E-state index in [4.69, 9.17) is 0 Å². The van der Waals surface area contributed by atoms with Gasteiger partial charge in [-0.2, -0.15) is 0 Å². The minimum atomic E-state index is 0.236. The SMILES string of the molecule is CCC.CNC(=O)C1CCCCC1. The number of hydrogen-bond acceptors (Lipinski definition) is 1. The molecule has 1 aliphatic rings. The molecular weight excluding hydrogens is 162 g/mol. The first kappa shape index (κ1) is 12.5. The molecule has 0 heterocycles. The Kier molecular flexibility index (Phi) is 7.76. The van der Waals surface area contributed by atoms with E-state index in [9.17, 15) is 4.79 Å². The number of carbonyl (C=O) groups is 1. The Hall–Kier alpha value is -0.530. The molecule has 1 amide bonds. The third-order valence-electron chi connectivity index (χ3n) is 2.22. The highest BCUT2D eigenvalue weighted by Gasteiger charge is 2.19. The zero-order valence-corrected chi connectivity index (χ0v) is 9.23. The van der Waals surface area contributed by atoms with E-state index in [1.165, 1.54) is 25.7 Å². The summed E-state index contributed by atoms with van der Waals surface area (Å²) in [4.78, 5) is 11.1. The topological polar surface area (TPSA) is 29.1 Å². The molecule has 0 aromatic heterocycles. The lowest BCUT2D eigenvalue weighted by Crippen LogP contribution is -2.28. The predicted molar refractivity (Wildman–Crippen MR) is 56.6 cm³/mol. The molecule has 0 aliphatic heterocycles. The number of nitrogens with one attached hydrogen (secondary N) is 1. The highest BCUT2D eigenvalue weighted by Crippen LogP contribution is 2.23. The van der Waals surface area contributed by atoms with Gasteiger partial charge in [-0.3, -0.25) is 4.79 Å². The van der Waals surface area contributed by atoms with Crippen molar-refractivity contribution < 1.29 is 4.79 Å². The van der Waals surface area contributed by atoms with Crippen molar-refractivity contribution >= 4 is 5.91 Å². The van der Waals surface area contributed by atoms with Crippen LogP contribution in [0, 0.1) is 5.92 Å². The van der Waals surface area contributed by atoms with Crippen molar-refractivity contribution in [1.29, 1.82) is 0 Å². The monoisotopic (exact) mass is 185 g/mol. The van der Waals surface area contributed by atoms with E-state index in [1.54, 1.807) is 7.05 Å². The van der Waals surface area contributed by atoms with Crippen LogP contribution in [0.5, 0.6) is 0 Å². The standard InChI is InChI=1S/C8H15NO.C3H8/c1-9-8(10)7-5-3-2-4-6-7;1-3-2/h7H,2-6H2,1H3,(H,9,10);3H2,1-2H3. The maximum absolute atomic E-state index is 11.1. The van der Waals surface area contributed by atoms with Gasteiger partial charge in [-0.25, -0.2) is 0 Å². The molecule has 0 saturated heterocycles. The van der Waals surface area contributed by atoms with Crippen LogP contribution >= 0.6 is 0 Å². The van der Waals surface area contributed by atoms with Gasteiger partial charge in [-0.05, 0) is 12.8 Å². The molecule has 0 bridgehead atoms. The van der Waals surface area contributed by atoms with Crippen LogP contribution in [-0.2, 0) is 4.79 Å². The zero-order chi connectivity index (χ0) is 10.1. The van der Waals surface area contributed by atoms with Gasteiger partial charge in [0.25, 0.3) is 0 Å². The van der Waals surface area contributed by atoms with E-state index in [1.807, 2.05) is 0 Å². The fourth-order valence-electron chi connectivity index (χ4n) is 1.57. The van der Waals surface area contributed by atoms with Crippen LogP contribution in [0.1, 0.15) is 52.4 Å². The summed E-state index contributed by atoms with van der Waals surface area (Å²) in [6.45, 7) is 4.25. The molecule has 1 N–H and O–H groups in total. The molecule has 1 aliphatic carbocycles. The van der Waals surface area contributed by atoms with Gasteiger partial charge in [-0.15, -0.1) is 0 Å². The number of rotatable bonds is 1. The van der Waals surface area contributed by atoms with Crippen molar-refractivity contribution in [1.82, 2.24) is 5.32 Å². The molecule has 0 aromatic carbocycles. The molecule has 0 radical (unpaired) electrons. The summed E-state index contributed by atoms with van der Waals surface area (Å²) in [5.74, 6) is 0.554. The minimum Gasteiger partial charge on any atom is -0.359 e. The molecular formula is C11H23NO. The first-order chi connectivity index (χ1) is 6.26. The highest BCUT2D eigenvalue weighted by molar-refractivity contribution is 5.78. The number of amides is 1. The molecule has 0 atom stereocenters. The normalized spacial score (nSPS) is 17.2. The van der Waals surface area contributed by atoms with E-state index in [2.05, 4.69) is 19.2 Å². The largest absolute Gasteiger partial charge is 0.359 e. The van der Waals surface area contributed by atoms with Crippen LogP contribution in [0.2, 0.25) is 0 Å². The lowest BCUT2D eigenvalue weighted by molar-refractivity contribution is -0.125. The average molecular weight is 185 g/mol. The molecule has 1 fully saturated rings. The third-order valence-corrected chi connectivity index (χ3v) is 2.22. The Morgan fingerprint density at radius 2 is 1.69 bits per heavy atom. The summed E-state index contributed by atoms with van der Waals surface area (Å²) in [7, 11) is 1.72. The summed E-state index contributed by atoms with van der Waals surface area (Å²) in [6.07, 6.45) is 7.23. The predicted octanol–water partition coefficient (Wildman–Crippen LogP) is 2.73. The van der Waals surface area contributed by atoms with Crippen LogP contribution in [-0.4, -0.2) is 13.0 Å². The van der Waals surface area contributed by atoms with Crippen molar-refractivity contribution in [2.75, 3.05) is 7.05 Å². The summed E-state index contributed by atoms with van der Waals surface area (Å²) >= 11 is 0. The fraction of sp³-hybridized carbons (Fsp3) is 0.909. The van der Waals surface area contributed by atoms with Crippen LogP contribution in [0.3, 0.4) is 0 Å². The molecule has 2 heteroatoms. The molecule has 13 heavy (non-hydrogen) atoms. The van der Waals surface area contributed by atoms with Crippen LogP contribution in [0.15, 0.2) is 0 Å². The lowest BCUT2D eigenvalue weighted by atomic mass is 9.89. The Morgan fingerprint density at radius 3 is 2.08 bits per heavy atom. The molecule has 2 nitrogen and oxygen atoms in total. The molecule has 1 saturated carbocycles. The molecule has 0 spiro atoms. The van der Waals surface area contributed by atoms with Crippen molar-refractivity contribution in [2.24, 2.45) is 5.92 Å². The Bertz CT molecular complexity index is 128. The van der Waals surface area contributed by atoms with Gasteiger partial charge in [0.2, 0.25) is 5.91 Å². The summed E-state index contributed by atoms with van der Waals surface area (Å²) in [6, 6.07) is 0. The van der Waals surface area contributed by atoms with E-state index >= 15 is 0 Å². The van der Waals surface area contributed by atoms with Gasteiger partial charge >= 0.3 is 0 Å². The maximum atomic E-state index is 11.1. The number of carbonyl (C=O) groups excluding carboxylic acids is 1. The molecule has 1 rings (SSSR count). The van der Waals surface area contributed by atoms with Gasteiger partial charge in [0.1, 0.15) is 0 Å². The summed E-state index contributed by atoms with van der Waals surface area (Å²) in [5, 5.41) is 2.70. The maximum Gasteiger partial charge on any atom is 0.222 e. The molecule has 0 unspecified atom stereocenters. The van der Waals surface area contributed by atoms with Crippen LogP contribution in [0.25, 0.3) is 0 Å².